The standard InChI is InChI=1S/C19H29ClN4O.HI/c1-14(25-18-7-3-16(20)4-8-18)11-22-19(21-2)23-12-15-9-10-24(13-15)17-5-6-17;/h3-4,7-8,14-15,17H,5-6,9-13H2,1-2H3,(H2,21,22,23);1H. The lowest BCUT2D eigenvalue weighted by Gasteiger charge is -2.19. The number of nitrogens with zero attached hydrogens (tertiary/aromatic N) is 2. The van der Waals surface area contributed by atoms with Gasteiger partial charge in [-0.05, 0) is 62.9 Å². The number of hydrogen-bond donors (Lipinski definition) is 2. The Morgan fingerprint density at radius 1 is 1.27 bits per heavy atom. The molecule has 2 aliphatic rings. The zero-order valence-electron chi connectivity index (χ0n) is 15.6. The summed E-state index contributed by atoms with van der Waals surface area (Å²) < 4.78 is 5.88. The highest BCUT2D eigenvalue weighted by Crippen LogP contribution is 2.31. The fourth-order valence-electron chi connectivity index (χ4n) is 3.29. The van der Waals surface area contributed by atoms with Crippen LogP contribution in [0.1, 0.15) is 26.2 Å². The van der Waals surface area contributed by atoms with Gasteiger partial charge < -0.3 is 20.3 Å². The molecule has 26 heavy (non-hydrogen) atoms. The number of rotatable bonds is 7. The van der Waals surface area contributed by atoms with E-state index in [4.69, 9.17) is 16.3 Å². The van der Waals surface area contributed by atoms with Crippen LogP contribution in [-0.4, -0.2) is 56.2 Å². The molecule has 7 heteroatoms. The van der Waals surface area contributed by atoms with E-state index in [1.165, 1.54) is 32.4 Å². The van der Waals surface area contributed by atoms with Crippen LogP contribution in [0.2, 0.25) is 5.02 Å². The van der Waals surface area contributed by atoms with Gasteiger partial charge in [-0.2, -0.15) is 0 Å². The summed E-state index contributed by atoms with van der Waals surface area (Å²) in [5, 5.41) is 7.52. The van der Waals surface area contributed by atoms with Crippen LogP contribution < -0.4 is 15.4 Å². The van der Waals surface area contributed by atoms with Crippen LogP contribution in [0.5, 0.6) is 5.75 Å². The lowest BCUT2D eigenvalue weighted by molar-refractivity contribution is 0.224. The van der Waals surface area contributed by atoms with Crippen LogP contribution in [0, 0.1) is 5.92 Å². The summed E-state index contributed by atoms with van der Waals surface area (Å²) in [5.41, 5.74) is 0. The van der Waals surface area contributed by atoms with E-state index in [1.807, 2.05) is 38.2 Å². The number of hydrogen-bond acceptors (Lipinski definition) is 3. The minimum absolute atomic E-state index is 0. The van der Waals surface area contributed by atoms with Gasteiger partial charge in [0, 0.05) is 31.2 Å². The van der Waals surface area contributed by atoms with Gasteiger partial charge >= 0.3 is 0 Å². The number of nitrogens with one attached hydrogen (secondary N) is 2. The van der Waals surface area contributed by atoms with Gasteiger partial charge in [0.2, 0.25) is 0 Å². The Morgan fingerprint density at radius 2 is 2.00 bits per heavy atom. The summed E-state index contributed by atoms with van der Waals surface area (Å²) in [7, 11) is 1.81. The van der Waals surface area contributed by atoms with Crippen LogP contribution in [0.4, 0.5) is 0 Å². The fraction of sp³-hybridized carbons (Fsp3) is 0.632. The average molecular weight is 493 g/mol. The predicted molar refractivity (Wildman–Crippen MR) is 119 cm³/mol. The van der Waals surface area contributed by atoms with Crippen molar-refractivity contribution in [3.05, 3.63) is 29.3 Å². The van der Waals surface area contributed by atoms with Gasteiger partial charge in [-0.1, -0.05) is 11.6 Å². The van der Waals surface area contributed by atoms with Crippen molar-refractivity contribution in [3.8, 4) is 5.75 Å². The first-order valence-corrected chi connectivity index (χ1v) is 9.62. The summed E-state index contributed by atoms with van der Waals surface area (Å²) >= 11 is 5.89. The number of aliphatic imine (C=N–C) groups is 1. The Labute approximate surface area is 178 Å². The second kappa shape index (κ2) is 10.6. The molecule has 2 unspecified atom stereocenters. The Hall–Kier alpha value is -0.730. The van der Waals surface area contributed by atoms with Crippen molar-refractivity contribution in [2.75, 3.05) is 33.2 Å². The van der Waals surface area contributed by atoms with E-state index < -0.39 is 0 Å². The van der Waals surface area contributed by atoms with Crippen molar-refractivity contribution in [2.24, 2.45) is 10.9 Å². The van der Waals surface area contributed by atoms with Crippen LogP contribution in [0.15, 0.2) is 29.3 Å². The molecule has 2 atom stereocenters. The summed E-state index contributed by atoms with van der Waals surface area (Å²) in [6, 6.07) is 8.33. The Kier molecular flexibility index (Phi) is 8.76. The van der Waals surface area contributed by atoms with Gasteiger partial charge in [-0.15, -0.1) is 24.0 Å². The molecule has 0 radical (unpaired) electrons. The van der Waals surface area contributed by atoms with Gasteiger partial charge in [0.1, 0.15) is 11.9 Å². The smallest absolute Gasteiger partial charge is 0.191 e. The molecule has 1 aromatic rings. The van der Waals surface area contributed by atoms with Gasteiger partial charge in [0.25, 0.3) is 0 Å². The van der Waals surface area contributed by atoms with Gasteiger partial charge in [-0.25, -0.2) is 0 Å². The Morgan fingerprint density at radius 3 is 2.65 bits per heavy atom. The average Bonchev–Trinajstić information content (AvgIpc) is 3.36. The van der Waals surface area contributed by atoms with Crippen LogP contribution in [-0.2, 0) is 0 Å². The van der Waals surface area contributed by atoms with Crippen molar-refractivity contribution in [2.45, 2.75) is 38.3 Å². The first-order valence-electron chi connectivity index (χ1n) is 9.25. The monoisotopic (exact) mass is 492 g/mol. The van der Waals surface area contributed by atoms with Crippen LogP contribution in [0.25, 0.3) is 0 Å². The van der Waals surface area contributed by atoms with Crippen molar-refractivity contribution in [1.82, 2.24) is 15.5 Å². The maximum absolute atomic E-state index is 5.89. The zero-order valence-corrected chi connectivity index (χ0v) is 18.7. The first-order chi connectivity index (χ1) is 12.1. The zero-order chi connectivity index (χ0) is 17.6. The van der Waals surface area contributed by atoms with Gasteiger partial charge in [-0.3, -0.25) is 4.99 Å². The third kappa shape index (κ3) is 6.78. The molecule has 1 saturated heterocycles. The summed E-state index contributed by atoms with van der Waals surface area (Å²) in [6.45, 7) is 6.20. The summed E-state index contributed by atoms with van der Waals surface area (Å²) in [5.74, 6) is 2.39. The summed E-state index contributed by atoms with van der Waals surface area (Å²) in [4.78, 5) is 6.96. The van der Waals surface area contributed by atoms with Crippen molar-refractivity contribution in [1.29, 1.82) is 0 Å². The second-order valence-electron chi connectivity index (χ2n) is 7.10. The van der Waals surface area contributed by atoms with E-state index in [1.54, 1.807) is 0 Å². The molecule has 0 aromatic heterocycles. The molecule has 1 heterocycles. The van der Waals surface area contributed by atoms with Crippen molar-refractivity contribution >= 4 is 41.5 Å². The fourth-order valence-corrected chi connectivity index (χ4v) is 3.42. The molecule has 5 nitrogen and oxygen atoms in total. The molecule has 2 N–H and O–H groups in total. The lowest BCUT2D eigenvalue weighted by Crippen LogP contribution is -2.43. The number of ether oxygens (including phenoxy) is 1. The van der Waals surface area contributed by atoms with E-state index in [0.717, 1.165) is 35.2 Å². The third-order valence-corrected chi connectivity index (χ3v) is 5.12. The highest BCUT2D eigenvalue weighted by atomic mass is 127. The van der Waals surface area contributed by atoms with E-state index >= 15 is 0 Å². The molecular formula is C19H30ClIN4O. The van der Waals surface area contributed by atoms with Gasteiger partial charge in [0.15, 0.2) is 5.96 Å². The third-order valence-electron chi connectivity index (χ3n) is 4.87. The molecule has 2 fully saturated rings. The molecule has 3 rings (SSSR count). The largest absolute Gasteiger partial charge is 0.489 e. The highest BCUT2D eigenvalue weighted by Gasteiger charge is 2.34. The molecular weight excluding hydrogens is 463 g/mol. The summed E-state index contributed by atoms with van der Waals surface area (Å²) in [6.07, 6.45) is 4.12. The van der Waals surface area contributed by atoms with Crippen LogP contribution >= 0.6 is 35.6 Å². The molecule has 0 bridgehead atoms. The van der Waals surface area contributed by atoms with E-state index in [2.05, 4.69) is 20.5 Å². The highest BCUT2D eigenvalue weighted by molar-refractivity contribution is 14.0. The molecule has 1 saturated carbocycles. The maximum atomic E-state index is 5.89. The molecule has 1 aromatic carbocycles. The first kappa shape index (κ1) is 21.6. The maximum Gasteiger partial charge on any atom is 0.191 e. The Bertz CT molecular complexity index is 579. The second-order valence-corrected chi connectivity index (χ2v) is 7.53. The molecule has 1 aliphatic heterocycles. The minimum atomic E-state index is 0. The van der Waals surface area contributed by atoms with Crippen molar-refractivity contribution < 1.29 is 4.74 Å². The van der Waals surface area contributed by atoms with Crippen LogP contribution in [0.3, 0.4) is 0 Å². The Balaban J connectivity index is 0.00000243. The predicted octanol–water partition coefficient (Wildman–Crippen LogP) is 3.37. The number of halogens is 2. The number of guanidine groups is 1. The minimum Gasteiger partial charge on any atom is -0.489 e. The lowest BCUT2D eigenvalue weighted by atomic mass is 10.1. The molecule has 1 aliphatic carbocycles. The molecule has 0 spiro atoms. The topological polar surface area (TPSA) is 48.9 Å². The molecule has 146 valence electrons. The SMILES string of the molecule is CN=C(NCC1CCN(C2CC2)C1)NCC(C)Oc1ccc(Cl)cc1.I. The van der Waals surface area contributed by atoms with Crippen molar-refractivity contribution in [3.63, 3.8) is 0 Å². The van der Waals surface area contributed by atoms with Gasteiger partial charge in [0.05, 0.1) is 6.54 Å². The normalized spacial score (nSPS) is 21.8. The number of benzene rings is 1. The quantitative estimate of drug-likeness (QED) is 0.348. The van der Waals surface area contributed by atoms with E-state index in [9.17, 15) is 0 Å². The number of likely N-dealkylation sites (tertiary alicyclic amines) is 1. The van der Waals surface area contributed by atoms with E-state index in [-0.39, 0.29) is 30.1 Å². The van der Waals surface area contributed by atoms with E-state index in [0.29, 0.717) is 6.54 Å². The molecule has 0 amide bonds.